The molecule has 106 valence electrons. The van der Waals surface area contributed by atoms with Crippen molar-refractivity contribution in [3.05, 3.63) is 36.0 Å². The Bertz CT molecular complexity index is 547. The highest BCUT2D eigenvalue weighted by Crippen LogP contribution is 2.16. The summed E-state index contributed by atoms with van der Waals surface area (Å²) >= 11 is 0. The van der Waals surface area contributed by atoms with E-state index in [-0.39, 0.29) is 5.82 Å². The molecule has 6 heteroatoms. The van der Waals surface area contributed by atoms with E-state index in [1.165, 1.54) is 12.1 Å². The summed E-state index contributed by atoms with van der Waals surface area (Å²) in [7, 11) is 0. The molecule has 1 aromatic heterocycles. The van der Waals surface area contributed by atoms with Crippen molar-refractivity contribution < 1.29 is 8.91 Å². The maximum absolute atomic E-state index is 12.9. The monoisotopic (exact) mass is 276 g/mol. The maximum atomic E-state index is 12.9. The quantitative estimate of drug-likeness (QED) is 0.924. The fourth-order valence-electron chi connectivity index (χ4n) is 2.29. The largest absolute Gasteiger partial charge is 0.338 e. The van der Waals surface area contributed by atoms with Crippen molar-refractivity contribution in [2.45, 2.75) is 13.0 Å². The van der Waals surface area contributed by atoms with Crippen LogP contribution in [0.2, 0.25) is 0 Å². The number of benzene rings is 1. The first-order chi connectivity index (χ1) is 9.81. The zero-order valence-corrected chi connectivity index (χ0v) is 11.2. The average Bonchev–Trinajstić information content (AvgIpc) is 2.76. The number of nitrogens with zero attached hydrogens (tertiary/aromatic N) is 3. The predicted octanol–water partition coefficient (Wildman–Crippen LogP) is 1.67. The second kappa shape index (κ2) is 6.11. The number of aromatic nitrogens is 2. The molecule has 0 bridgehead atoms. The van der Waals surface area contributed by atoms with Gasteiger partial charge in [0.15, 0.2) is 0 Å². The Labute approximate surface area is 116 Å². The number of hydrogen-bond donors (Lipinski definition) is 1. The van der Waals surface area contributed by atoms with E-state index in [0.717, 1.165) is 38.2 Å². The van der Waals surface area contributed by atoms with E-state index in [2.05, 4.69) is 20.4 Å². The highest BCUT2D eigenvalue weighted by atomic mass is 19.1. The van der Waals surface area contributed by atoms with Gasteiger partial charge in [0.1, 0.15) is 5.82 Å². The summed E-state index contributed by atoms with van der Waals surface area (Å²) < 4.78 is 18.2. The predicted molar refractivity (Wildman–Crippen MR) is 72.5 cm³/mol. The van der Waals surface area contributed by atoms with Crippen LogP contribution >= 0.6 is 0 Å². The lowest BCUT2D eigenvalue weighted by molar-refractivity contribution is 0.239. The highest BCUT2D eigenvalue weighted by molar-refractivity contribution is 5.53. The summed E-state index contributed by atoms with van der Waals surface area (Å²) in [6.07, 6.45) is 1.12. The molecule has 0 spiro atoms. The van der Waals surface area contributed by atoms with E-state index in [1.807, 2.05) is 0 Å². The van der Waals surface area contributed by atoms with Crippen LogP contribution in [0.25, 0.3) is 11.4 Å². The third-order valence-electron chi connectivity index (χ3n) is 3.36. The van der Waals surface area contributed by atoms with Crippen molar-refractivity contribution in [1.82, 2.24) is 20.4 Å². The zero-order valence-electron chi connectivity index (χ0n) is 11.2. The third-order valence-corrected chi connectivity index (χ3v) is 3.36. The minimum Gasteiger partial charge on any atom is -0.338 e. The average molecular weight is 276 g/mol. The van der Waals surface area contributed by atoms with Crippen LogP contribution in [0.5, 0.6) is 0 Å². The van der Waals surface area contributed by atoms with Crippen molar-refractivity contribution in [3.63, 3.8) is 0 Å². The zero-order chi connectivity index (χ0) is 13.8. The summed E-state index contributed by atoms with van der Waals surface area (Å²) in [4.78, 5) is 6.67. The van der Waals surface area contributed by atoms with Gasteiger partial charge >= 0.3 is 0 Å². The van der Waals surface area contributed by atoms with Gasteiger partial charge in [-0.1, -0.05) is 5.16 Å². The Balaban J connectivity index is 1.68. The van der Waals surface area contributed by atoms with Gasteiger partial charge in [-0.2, -0.15) is 4.98 Å². The van der Waals surface area contributed by atoms with Crippen LogP contribution in [0.1, 0.15) is 12.3 Å². The van der Waals surface area contributed by atoms with Crippen LogP contribution in [0.4, 0.5) is 4.39 Å². The Hall–Kier alpha value is -1.79. The molecule has 2 aromatic rings. The first-order valence-corrected chi connectivity index (χ1v) is 6.83. The second-order valence-electron chi connectivity index (χ2n) is 4.90. The summed E-state index contributed by atoms with van der Waals surface area (Å²) in [5.41, 5.74) is 0.763. The molecule has 2 heterocycles. The van der Waals surface area contributed by atoms with Crippen LogP contribution in [-0.4, -0.2) is 41.2 Å². The maximum Gasteiger partial charge on any atom is 0.241 e. The highest BCUT2D eigenvalue weighted by Gasteiger charge is 2.14. The van der Waals surface area contributed by atoms with E-state index in [9.17, 15) is 4.39 Å². The molecule has 1 fully saturated rings. The Morgan fingerprint density at radius 3 is 2.90 bits per heavy atom. The molecule has 3 rings (SSSR count). The lowest BCUT2D eigenvalue weighted by Gasteiger charge is -2.16. The lowest BCUT2D eigenvalue weighted by Crippen LogP contribution is -2.27. The Kier molecular flexibility index (Phi) is 4.03. The van der Waals surface area contributed by atoms with Crippen molar-refractivity contribution in [2.75, 3.05) is 26.2 Å². The summed E-state index contributed by atoms with van der Waals surface area (Å²) in [6, 6.07) is 6.09. The topological polar surface area (TPSA) is 54.2 Å². The molecular weight excluding hydrogens is 259 g/mol. The number of hydrogen-bond acceptors (Lipinski definition) is 5. The normalized spacial score (nSPS) is 17.1. The fourth-order valence-corrected chi connectivity index (χ4v) is 2.29. The number of rotatable bonds is 3. The Morgan fingerprint density at radius 2 is 2.05 bits per heavy atom. The minimum absolute atomic E-state index is 0.269. The molecule has 0 atom stereocenters. The minimum atomic E-state index is -0.269. The van der Waals surface area contributed by atoms with Crippen molar-refractivity contribution in [2.24, 2.45) is 0 Å². The van der Waals surface area contributed by atoms with Gasteiger partial charge in [0.2, 0.25) is 11.7 Å². The smallest absolute Gasteiger partial charge is 0.241 e. The number of nitrogens with one attached hydrogen (secondary N) is 1. The van der Waals surface area contributed by atoms with Gasteiger partial charge in [-0.25, -0.2) is 4.39 Å². The van der Waals surface area contributed by atoms with E-state index in [4.69, 9.17) is 4.52 Å². The molecule has 5 nitrogen and oxygen atoms in total. The Morgan fingerprint density at radius 1 is 1.20 bits per heavy atom. The summed E-state index contributed by atoms with van der Waals surface area (Å²) in [5, 5.41) is 7.31. The van der Waals surface area contributed by atoms with Crippen molar-refractivity contribution in [3.8, 4) is 11.4 Å². The van der Waals surface area contributed by atoms with Crippen molar-refractivity contribution in [1.29, 1.82) is 0 Å². The van der Waals surface area contributed by atoms with Crippen LogP contribution in [0, 0.1) is 5.82 Å². The molecule has 0 radical (unpaired) electrons. The van der Waals surface area contributed by atoms with Gasteiger partial charge in [-0.05, 0) is 43.8 Å². The van der Waals surface area contributed by atoms with Crippen LogP contribution in [0.3, 0.4) is 0 Å². The van der Waals surface area contributed by atoms with Gasteiger partial charge in [0, 0.05) is 18.7 Å². The molecule has 1 aromatic carbocycles. The van der Waals surface area contributed by atoms with Gasteiger partial charge in [0.05, 0.1) is 6.54 Å². The molecule has 1 aliphatic heterocycles. The molecule has 1 saturated heterocycles. The van der Waals surface area contributed by atoms with Crippen LogP contribution in [0.15, 0.2) is 28.8 Å². The van der Waals surface area contributed by atoms with Gasteiger partial charge in [-0.15, -0.1) is 0 Å². The summed E-state index contributed by atoms with van der Waals surface area (Å²) in [5.74, 6) is 0.841. The molecule has 0 saturated carbocycles. The molecule has 1 N–H and O–H groups in total. The lowest BCUT2D eigenvalue weighted by atomic mass is 10.2. The van der Waals surface area contributed by atoms with E-state index in [0.29, 0.717) is 18.3 Å². The van der Waals surface area contributed by atoms with Crippen molar-refractivity contribution >= 4 is 0 Å². The van der Waals surface area contributed by atoms with E-state index >= 15 is 0 Å². The first-order valence-electron chi connectivity index (χ1n) is 6.83. The standard InChI is InChI=1S/C14H17FN4O/c15-12-4-2-11(3-5-12)14-17-13(20-18-14)10-19-8-1-6-16-7-9-19/h2-5,16H,1,6-10H2. The molecule has 1 aliphatic rings. The molecule has 0 aliphatic carbocycles. The summed E-state index contributed by atoms with van der Waals surface area (Å²) in [6.45, 7) is 4.71. The fraction of sp³-hybridized carbons (Fsp3) is 0.429. The van der Waals surface area contributed by atoms with Crippen LogP contribution in [-0.2, 0) is 6.54 Å². The van der Waals surface area contributed by atoms with E-state index < -0.39 is 0 Å². The molecule has 0 unspecified atom stereocenters. The first kappa shape index (κ1) is 13.2. The molecule has 0 amide bonds. The second-order valence-corrected chi connectivity index (χ2v) is 4.90. The van der Waals surface area contributed by atoms with Crippen LogP contribution < -0.4 is 5.32 Å². The SMILES string of the molecule is Fc1ccc(-c2noc(CN3CCCNCC3)n2)cc1. The van der Waals surface area contributed by atoms with E-state index in [1.54, 1.807) is 12.1 Å². The molecular formula is C14H17FN4O. The van der Waals surface area contributed by atoms with Gasteiger partial charge in [0.25, 0.3) is 0 Å². The molecule has 20 heavy (non-hydrogen) atoms. The van der Waals surface area contributed by atoms with Gasteiger partial charge in [-0.3, -0.25) is 4.90 Å². The third kappa shape index (κ3) is 3.20. The van der Waals surface area contributed by atoms with Gasteiger partial charge < -0.3 is 9.84 Å². The number of halogens is 1.